The molecule has 18 heavy (non-hydrogen) atoms. The fraction of sp³-hybridized carbons (Fsp3) is 0.417. The molecule has 0 N–H and O–H groups in total. The van der Waals surface area contributed by atoms with Crippen LogP contribution in [0.3, 0.4) is 0 Å². The van der Waals surface area contributed by atoms with Crippen molar-refractivity contribution in [3.05, 3.63) is 36.2 Å². The predicted molar refractivity (Wildman–Crippen MR) is 65.1 cm³/mol. The first-order valence-corrected chi connectivity index (χ1v) is 5.85. The van der Waals surface area contributed by atoms with Gasteiger partial charge in [-0.15, -0.1) is 0 Å². The van der Waals surface area contributed by atoms with Gasteiger partial charge in [0.1, 0.15) is 0 Å². The number of aryl methyl sites for hydroxylation is 3. The molecule has 0 bridgehead atoms. The molecule has 0 spiro atoms. The van der Waals surface area contributed by atoms with Crippen LogP contribution in [0.4, 0.5) is 0 Å². The van der Waals surface area contributed by atoms with Crippen LogP contribution >= 0.6 is 0 Å². The summed E-state index contributed by atoms with van der Waals surface area (Å²) in [5.41, 5.74) is 1.51. The monoisotopic (exact) mass is 248 g/mol. The van der Waals surface area contributed by atoms with Crippen LogP contribution in [0.1, 0.15) is 23.0 Å². The molecule has 96 valence electrons. The molecule has 0 atom stereocenters. The van der Waals surface area contributed by atoms with E-state index in [1.807, 2.05) is 24.0 Å². The molecule has 0 saturated carbocycles. The maximum Gasteiger partial charge on any atom is 0.358 e. The molecule has 2 rings (SSSR count). The van der Waals surface area contributed by atoms with Crippen molar-refractivity contribution in [1.82, 2.24) is 19.3 Å². The molecule has 6 heteroatoms. The summed E-state index contributed by atoms with van der Waals surface area (Å²) < 4.78 is 8.52. The van der Waals surface area contributed by atoms with E-state index in [4.69, 9.17) is 4.74 Å². The lowest BCUT2D eigenvalue weighted by atomic mass is 10.2. The van der Waals surface area contributed by atoms with Crippen LogP contribution in [0.25, 0.3) is 0 Å². The van der Waals surface area contributed by atoms with E-state index in [2.05, 4.69) is 10.1 Å². The van der Waals surface area contributed by atoms with E-state index in [0.29, 0.717) is 12.3 Å². The van der Waals surface area contributed by atoms with Crippen molar-refractivity contribution in [1.29, 1.82) is 0 Å². The summed E-state index contributed by atoms with van der Waals surface area (Å²) in [7, 11) is 1.89. The normalized spacial score (nSPS) is 10.6. The lowest BCUT2D eigenvalue weighted by Crippen LogP contribution is -2.05. The minimum Gasteiger partial charge on any atom is -0.461 e. The summed E-state index contributed by atoms with van der Waals surface area (Å²) in [4.78, 5) is 15.4. The van der Waals surface area contributed by atoms with Crippen molar-refractivity contribution in [2.24, 2.45) is 7.05 Å². The Morgan fingerprint density at radius 3 is 2.94 bits per heavy atom. The molecule has 0 aliphatic rings. The Kier molecular flexibility index (Phi) is 3.76. The lowest BCUT2D eigenvalue weighted by molar-refractivity contribution is 0.0520. The molecular weight excluding hydrogens is 232 g/mol. The molecule has 0 fully saturated rings. The molecule has 0 amide bonds. The molecular formula is C12H16N4O2. The zero-order chi connectivity index (χ0) is 13.0. The minimum atomic E-state index is -0.377. The van der Waals surface area contributed by atoms with Crippen LogP contribution in [0.15, 0.2) is 24.9 Å². The van der Waals surface area contributed by atoms with Gasteiger partial charge in [0.15, 0.2) is 5.69 Å². The van der Waals surface area contributed by atoms with Crippen molar-refractivity contribution in [3.63, 3.8) is 0 Å². The summed E-state index contributed by atoms with van der Waals surface area (Å²) in [6.07, 6.45) is 8.01. The molecule has 0 aliphatic heterocycles. The van der Waals surface area contributed by atoms with E-state index in [1.54, 1.807) is 24.1 Å². The van der Waals surface area contributed by atoms with Gasteiger partial charge in [0.2, 0.25) is 0 Å². The molecule has 0 aromatic carbocycles. The van der Waals surface area contributed by atoms with E-state index in [0.717, 1.165) is 18.5 Å². The number of aromatic nitrogens is 4. The fourth-order valence-corrected chi connectivity index (χ4v) is 1.65. The number of ether oxygens (including phenoxy) is 1. The molecule has 0 unspecified atom stereocenters. The van der Waals surface area contributed by atoms with Gasteiger partial charge < -0.3 is 9.30 Å². The summed E-state index contributed by atoms with van der Waals surface area (Å²) in [5.74, 6) is -0.377. The SMILES string of the molecule is CCOC(=O)c1cn(CCc2cnn(C)c2)cn1. The highest BCUT2D eigenvalue weighted by molar-refractivity contribution is 5.86. The summed E-state index contributed by atoms with van der Waals surface area (Å²) in [5, 5.41) is 4.10. The third kappa shape index (κ3) is 2.97. The summed E-state index contributed by atoms with van der Waals surface area (Å²) >= 11 is 0. The quantitative estimate of drug-likeness (QED) is 0.742. The zero-order valence-corrected chi connectivity index (χ0v) is 10.5. The Morgan fingerprint density at radius 1 is 1.44 bits per heavy atom. The average molecular weight is 248 g/mol. The minimum absolute atomic E-state index is 0.350. The maximum atomic E-state index is 11.4. The molecule has 6 nitrogen and oxygen atoms in total. The standard InChI is InChI=1S/C12H16N4O2/c1-3-18-12(17)11-8-16(9-13-11)5-4-10-6-14-15(2)7-10/h6-9H,3-5H2,1-2H3. The smallest absolute Gasteiger partial charge is 0.358 e. The number of hydrogen-bond donors (Lipinski definition) is 0. The van der Waals surface area contributed by atoms with E-state index in [1.165, 1.54) is 0 Å². The highest BCUT2D eigenvalue weighted by atomic mass is 16.5. The molecule has 0 saturated heterocycles. The second-order valence-electron chi connectivity index (χ2n) is 3.99. The number of rotatable bonds is 5. The largest absolute Gasteiger partial charge is 0.461 e. The van der Waals surface area contributed by atoms with Crippen LogP contribution < -0.4 is 0 Å². The van der Waals surface area contributed by atoms with Crippen LogP contribution in [0.2, 0.25) is 0 Å². The maximum absolute atomic E-state index is 11.4. The van der Waals surface area contributed by atoms with Gasteiger partial charge in [-0.2, -0.15) is 5.10 Å². The van der Waals surface area contributed by atoms with E-state index < -0.39 is 0 Å². The van der Waals surface area contributed by atoms with Crippen molar-refractivity contribution >= 4 is 5.97 Å². The van der Waals surface area contributed by atoms with Gasteiger partial charge in [-0.05, 0) is 18.9 Å². The Labute approximate surface area is 105 Å². The Morgan fingerprint density at radius 2 is 2.28 bits per heavy atom. The van der Waals surface area contributed by atoms with Crippen LogP contribution in [-0.4, -0.2) is 31.9 Å². The number of imidazole rings is 1. The topological polar surface area (TPSA) is 61.9 Å². The Balaban J connectivity index is 1.92. The third-order valence-corrected chi connectivity index (χ3v) is 2.53. The first-order chi connectivity index (χ1) is 8.69. The Hall–Kier alpha value is -2.11. The van der Waals surface area contributed by atoms with Crippen LogP contribution in [0, 0.1) is 0 Å². The van der Waals surface area contributed by atoms with Crippen LogP contribution in [-0.2, 0) is 24.8 Å². The van der Waals surface area contributed by atoms with E-state index >= 15 is 0 Å². The van der Waals surface area contributed by atoms with Gasteiger partial charge in [0, 0.05) is 26.0 Å². The molecule has 2 heterocycles. The Bertz CT molecular complexity index is 530. The van der Waals surface area contributed by atoms with Crippen molar-refractivity contribution in [3.8, 4) is 0 Å². The molecule has 0 radical (unpaired) electrons. The summed E-state index contributed by atoms with van der Waals surface area (Å²) in [6.45, 7) is 2.90. The zero-order valence-electron chi connectivity index (χ0n) is 10.5. The van der Waals surface area contributed by atoms with Crippen molar-refractivity contribution < 1.29 is 9.53 Å². The average Bonchev–Trinajstić information content (AvgIpc) is 2.95. The fourth-order valence-electron chi connectivity index (χ4n) is 1.65. The van der Waals surface area contributed by atoms with Crippen molar-refractivity contribution in [2.45, 2.75) is 19.9 Å². The third-order valence-electron chi connectivity index (χ3n) is 2.53. The van der Waals surface area contributed by atoms with Gasteiger partial charge in [-0.3, -0.25) is 4.68 Å². The van der Waals surface area contributed by atoms with Gasteiger partial charge in [0.25, 0.3) is 0 Å². The van der Waals surface area contributed by atoms with E-state index in [-0.39, 0.29) is 5.97 Å². The van der Waals surface area contributed by atoms with Gasteiger partial charge in [0.05, 0.1) is 19.1 Å². The van der Waals surface area contributed by atoms with Gasteiger partial charge in [-0.1, -0.05) is 0 Å². The van der Waals surface area contributed by atoms with Gasteiger partial charge >= 0.3 is 5.97 Å². The lowest BCUT2D eigenvalue weighted by Gasteiger charge is -1.99. The molecule has 0 aliphatic carbocycles. The number of esters is 1. The van der Waals surface area contributed by atoms with Crippen LogP contribution in [0.5, 0.6) is 0 Å². The van der Waals surface area contributed by atoms with Crippen molar-refractivity contribution in [2.75, 3.05) is 6.61 Å². The predicted octanol–water partition coefficient (Wildman–Crippen LogP) is 1.04. The molecule has 2 aromatic rings. The molecule has 2 aromatic heterocycles. The number of carbonyl (C=O) groups excluding carboxylic acids is 1. The highest BCUT2D eigenvalue weighted by Crippen LogP contribution is 2.03. The van der Waals surface area contributed by atoms with E-state index in [9.17, 15) is 4.79 Å². The first kappa shape index (κ1) is 12.3. The second kappa shape index (κ2) is 5.48. The second-order valence-corrected chi connectivity index (χ2v) is 3.99. The number of carbonyl (C=O) groups is 1. The highest BCUT2D eigenvalue weighted by Gasteiger charge is 2.09. The number of nitrogens with zero attached hydrogens (tertiary/aromatic N) is 4. The number of hydrogen-bond acceptors (Lipinski definition) is 4. The first-order valence-electron chi connectivity index (χ1n) is 5.85. The summed E-state index contributed by atoms with van der Waals surface area (Å²) in [6, 6.07) is 0. The van der Waals surface area contributed by atoms with Gasteiger partial charge in [-0.25, -0.2) is 9.78 Å².